The number of carbonyl (C=O) groups is 2. The van der Waals surface area contributed by atoms with E-state index in [9.17, 15) is 14.4 Å². The maximum Gasteiger partial charge on any atom is 0.349 e. The van der Waals surface area contributed by atoms with Crippen molar-refractivity contribution in [3.8, 4) is 17.2 Å². The molecule has 0 fully saturated rings. The number of nitrogens with one attached hydrogen (secondary N) is 1. The van der Waals surface area contributed by atoms with Crippen LogP contribution in [0.3, 0.4) is 0 Å². The second kappa shape index (κ2) is 13.1. The van der Waals surface area contributed by atoms with Gasteiger partial charge in [-0.3, -0.25) is 4.79 Å². The van der Waals surface area contributed by atoms with Gasteiger partial charge in [0.15, 0.2) is 11.5 Å². The van der Waals surface area contributed by atoms with Gasteiger partial charge in [0.05, 0.1) is 13.7 Å². The van der Waals surface area contributed by atoms with E-state index in [1.165, 1.54) is 31.1 Å². The number of methoxy groups -OCH3 is 1. The maximum atomic E-state index is 12.3. The minimum Gasteiger partial charge on any atom is -0.493 e. The summed E-state index contributed by atoms with van der Waals surface area (Å²) in [4.78, 5) is 36.5. The SMILES string of the molecule is CCCCCCOc1ccc(/C=C/C(=O)Oc2ccc3cc(C(=O)NCC)c(=O)oc3c2)cc1OC. The number of benzene rings is 2. The Bertz CT molecular complexity index is 1290. The van der Waals surface area contributed by atoms with Gasteiger partial charge >= 0.3 is 11.6 Å². The Morgan fingerprint density at radius 3 is 2.58 bits per heavy atom. The van der Waals surface area contributed by atoms with Crippen molar-refractivity contribution in [3.63, 3.8) is 0 Å². The summed E-state index contributed by atoms with van der Waals surface area (Å²) in [5.41, 5.74) is 0.0985. The smallest absolute Gasteiger partial charge is 0.349 e. The van der Waals surface area contributed by atoms with Crippen molar-refractivity contribution in [2.24, 2.45) is 0 Å². The lowest BCUT2D eigenvalue weighted by atomic mass is 10.1. The summed E-state index contributed by atoms with van der Waals surface area (Å²) in [6.07, 6.45) is 7.37. The Hall–Kier alpha value is -4.07. The highest BCUT2D eigenvalue weighted by atomic mass is 16.5. The van der Waals surface area contributed by atoms with Gasteiger partial charge in [-0.2, -0.15) is 0 Å². The van der Waals surface area contributed by atoms with Crippen LogP contribution < -0.4 is 25.2 Å². The number of rotatable bonds is 12. The van der Waals surface area contributed by atoms with E-state index in [0.29, 0.717) is 30.0 Å². The second-order valence-electron chi connectivity index (χ2n) is 8.08. The fourth-order valence-electron chi connectivity index (χ4n) is 3.50. The molecular formula is C28H31NO7. The van der Waals surface area contributed by atoms with E-state index in [-0.39, 0.29) is 16.9 Å². The van der Waals surface area contributed by atoms with Crippen LogP contribution in [-0.2, 0) is 4.79 Å². The van der Waals surface area contributed by atoms with Crippen LogP contribution in [0.1, 0.15) is 55.5 Å². The van der Waals surface area contributed by atoms with E-state index in [1.54, 1.807) is 38.3 Å². The maximum absolute atomic E-state index is 12.3. The number of unbranched alkanes of at least 4 members (excludes halogenated alkanes) is 3. The van der Waals surface area contributed by atoms with Crippen LogP contribution in [0.2, 0.25) is 0 Å². The molecular weight excluding hydrogens is 462 g/mol. The van der Waals surface area contributed by atoms with E-state index in [0.717, 1.165) is 18.4 Å². The van der Waals surface area contributed by atoms with Gasteiger partial charge in [0.2, 0.25) is 0 Å². The largest absolute Gasteiger partial charge is 0.493 e. The zero-order valence-electron chi connectivity index (χ0n) is 20.8. The van der Waals surface area contributed by atoms with Gasteiger partial charge < -0.3 is 23.9 Å². The van der Waals surface area contributed by atoms with Crippen molar-refractivity contribution < 1.29 is 28.2 Å². The molecule has 0 bridgehead atoms. The van der Waals surface area contributed by atoms with Crippen LogP contribution in [-0.4, -0.2) is 32.1 Å². The Kier molecular flexibility index (Phi) is 9.68. The number of esters is 1. The summed E-state index contributed by atoms with van der Waals surface area (Å²) in [6.45, 7) is 4.93. The number of fused-ring (bicyclic) bond motifs is 1. The average molecular weight is 494 g/mol. The lowest BCUT2D eigenvalue weighted by Crippen LogP contribution is -2.27. The average Bonchev–Trinajstić information content (AvgIpc) is 2.87. The molecule has 0 spiro atoms. The van der Waals surface area contributed by atoms with Gasteiger partial charge in [0.1, 0.15) is 16.9 Å². The minimum atomic E-state index is -0.765. The predicted octanol–water partition coefficient (Wildman–Crippen LogP) is 5.13. The molecule has 0 saturated carbocycles. The highest BCUT2D eigenvalue weighted by Crippen LogP contribution is 2.29. The van der Waals surface area contributed by atoms with Gasteiger partial charge in [-0.15, -0.1) is 0 Å². The number of carbonyl (C=O) groups excluding carboxylic acids is 2. The molecule has 0 aliphatic carbocycles. The molecule has 1 amide bonds. The quantitative estimate of drug-likeness (QED) is 0.123. The third-order valence-corrected chi connectivity index (χ3v) is 5.36. The zero-order chi connectivity index (χ0) is 25.9. The Balaban J connectivity index is 1.65. The first kappa shape index (κ1) is 26.5. The highest BCUT2D eigenvalue weighted by molar-refractivity contribution is 5.97. The van der Waals surface area contributed by atoms with Gasteiger partial charge in [-0.1, -0.05) is 32.3 Å². The fourth-order valence-corrected chi connectivity index (χ4v) is 3.50. The Morgan fingerprint density at radius 1 is 1.00 bits per heavy atom. The van der Waals surface area contributed by atoms with Crippen LogP contribution >= 0.6 is 0 Å². The summed E-state index contributed by atoms with van der Waals surface area (Å²) >= 11 is 0. The zero-order valence-corrected chi connectivity index (χ0v) is 20.8. The molecule has 0 unspecified atom stereocenters. The standard InChI is InChI=1S/C28H31NO7/c1-4-6-7-8-15-34-23-13-9-19(16-25(23)33-3)10-14-26(30)35-21-12-11-20-17-22(27(31)29-5-2)28(32)36-24(20)18-21/h9-14,16-18H,4-8,15H2,1-3H3,(H,29,31)/b14-10+. The van der Waals surface area contributed by atoms with E-state index < -0.39 is 17.5 Å². The van der Waals surface area contributed by atoms with Gasteiger partial charge in [-0.25, -0.2) is 9.59 Å². The first-order valence-corrected chi connectivity index (χ1v) is 12.0. The van der Waals surface area contributed by atoms with Crippen LogP contribution in [0, 0.1) is 0 Å². The first-order valence-electron chi connectivity index (χ1n) is 12.0. The summed E-state index contributed by atoms with van der Waals surface area (Å²) in [5, 5.41) is 3.10. The third-order valence-electron chi connectivity index (χ3n) is 5.36. The molecule has 0 aliphatic rings. The molecule has 3 rings (SSSR count). The van der Waals surface area contributed by atoms with Crippen LogP contribution in [0.25, 0.3) is 17.0 Å². The van der Waals surface area contributed by atoms with Gasteiger partial charge in [0.25, 0.3) is 5.91 Å². The third kappa shape index (κ3) is 7.21. The summed E-state index contributed by atoms with van der Waals surface area (Å²) in [6, 6.07) is 11.5. The molecule has 0 aliphatic heterocycles. The van der Waals surface area contributed by atoms with Crippen LogP contribution in [0.5, 0.6) is 17.2 Å². The minimum absolute atomic E-state index is 0.0830. The van der Waals surface area contributed by atoms with Gasteiger partial charge in [-0.05, 0) is 55.3 Å². The molecule has 1 aromatic heterocycles. The van der Waals surface area contributed by atoms with Crippen molar-refractivity contribution >= 4 is 28.9 Å². The summed E-state index contributed by atoms with van der Waals surface area (Å²) in [5.74, 6) is 0.331. The van der Waals surface area contributed by atoms with Gasteiger partial charge in [0, 0.05) is 24.1 Å². The lowest BCUT2D eigenvalue weighted by Gasteiger charge is -2.11. The number of hydrogen-bond donors (Lipinski definition) is 1. The molecule has 2 aromatic carbocycles. The van der Waals surface area contributed by atoms with Crippen molar-refractivity contribution in [1.82, 2.24) is 5.32 Å². The first-order chi connectivity index (χ1) is 17.4. The molecule has 1 heterocycles. The van der Waals surface area contributed by atoms with E-state index >= 15 is 0 Å². The Labute approximate surface area is 209 Å². The number of amides is 1. The molecule has 8 nitrogen and oxygen atoms in total. The molecule has 36 heavy (non-hydrogen) atoms. The lowest BCUT2D eigenvalue weighted by molar-refractivity contribution is -0.128. The molecule has 0 radical (unpaired) electrons. The van der Waals surface area contributed by atoms with Crippen LogP contribution in [0.15, 0.2) is 57.8 Å². The molecule has 190 valence electrons. The van der Waals surface area contributed by atoms with Crippen molar-refractivity contribution in [3.05, 3.63) is 70.1 Å². The molecule has 1 N–H and O–H groups in total. The normalized spacial score (nSPS) is 11.0. The van der Waals surface area contributed by atoms with E-state index in [4.69, 9.17) is 18.6 Å². The van der Waals surface area contributed by atoms with Crippen molar-refractivity contribution in [2.45, 2.75) is 39.5 Å². The monoisotopic (exact) mass is 493 g/mol. The van der Waals surface area contributed by atoms with Crippen molar-refractivity contribution in [1.29, 1.82) is 0 Å². The molecule has 3 aromatic rings. The number of hydrogen-bond acceptors (Lipinski definition) is 7. The van der Waals surface area contributed by atoms with Crippen LogP contribution in [0.4, 0.5) is 0 Å². The summed E-state index contributed by atoms with van der Waals surface area (Å²) in [7, 11) is 1.57. The second-order valence-corrected chi connectivity index (χ2v) is 8.08. The topological polar surface area (TPSA) is 104 Å². The van der Waals surface area contributed by atoms with E-state index in [2.05, 4.69) is 12.2 Å². The number of ether oxygens (including phenoxy) is 3. The van der Waals surface area contributed by atoms with Crippen molar-refractivity contribution in [2.75, 3.05) is 20.3 Å². The molecule has 8 heteroatoms. The predicted molar refractivity (Wildman–Crippen MR) is 138 cm³/mol. The van der Waals surface area contributed by atoms with E-state index in [1.807, 2.05) is 12.1 Å². The molecule has 0 atom stereocenters. The fraction of sp³-hybridized carbons (Fsp3) is 0.321. The molecule has 0 saturated heterocycles. The summed E-state index contributed by atoms with van der Waals surface area (Å²) < 4.78 is 21.8. The Morgan fingerprint density at radius 2 is 1.83 bits per heavy atom. The highest BCUT2D eigenvalue weighted by Gasteiger charge is 2.14.